The van der Waals surface area contributed by atoms with Gasteiger partial charge in [-0.2, -0.15) is 0 Å². The van der Waals surface area contributed by atoms with Crippen LogP contribution in [0.1, 0.15) is 51.3 Å². The molecule has 1 N–H and O–H groups in total. The number of benzene rings is 1. The number of nitrogens with zero attached hydrogens (tertiary/aromatic N) is 3. The molecule has 1 aliphatic carbocycles. The Bertz CT molecular complexity index is 921. The number of amides is 1. The maximum absolute atomic E-state index is 12.7. The number of nitrogens with one attached hydrogen (secondary N) is 1. The maximum Gasteiger partial charge on any atom is 0.264 e. The molecule has 0 radical (unpaired) electrons. The smallest absolute Gasteiger partial charge is 0.264 e. The van der Waals surface area contributed by atoms with E-state index in [1.807, 2.05) is 34.9 Å². The highest BCUT2D eigenvalue weighted by Gasteiger charge is 2.20. The van der Waals surface area contributed by atoms with Gasteiger partial charge in [0.2, 0.25) is 11.8 Å². The first-order valence-corrected chi connectivity index (χ1v) is 9.95. The number of carbonyl (C=O) groups is 1. The highest BCUT2D eigenvalue weighted by atomic mass is 16.4. The molecular weight excluding hydrogens is 340 g/mol. The van der Waals surface area contributed by atoms with Crippen molar-refractivity contribution in [1.82, 2.24) is 20.1 Å². The molecule has 1 saturated carbocycles. The maximum atomic E-state index is 12.7. The number of carbonyl (C=O) groups excluding carboxylic acids is 1. The molecule has 0 unspecified atom stereocenters. The van der Waals surface area contributed by atoms with Crippen molar-refractivity contribution in [1.29, 1.82) is 0 Å². The molecule has 6 heteroatoms. The molecule has 0 aliphatic heterocycles. The minimum Gasteiger partial charge on any atom is -0.419 e. The fraction of sp³-hybridized carbons (Fsp3) is 0.476. The van der Waals surface area contributed by atoms with E-state index in [0.29, 0.717) is 17.8 Å². The zero-order valence-corrected chi connectivity index (χ0v) is 15.8. The van der Waals surface area contributed by atoms with Crippen LogP contribution in [0.3, 0.4) is 0 Å². The van der Waals surface area contributed by atoms with Crippen molar-refractivity contribution in [2.24, 2.45) is 0 Å². The number of para-hydroxylation sites is 1. The van der Waals surface area contributed by atoms with E-state index >= 15 is 0 Å². The summed E-state index contributed by atoms with van der Waals surface area (Å²) in [6.45, 7) is 2.33. The zero-order valence-electron chi connectivity index (χ0n) is 15.8. The first-order chi connectivity index (χ1) is 13.2. The average molecular weight is 366 g/mol. The summed E-state index contributed by atoms with van der Waals surface area (Å²) >= 11 is 0. The molecule has 2 heterocycles. The number of aromatic nitrogens is 3. The summed E-state index contributed by atoms with van der Waals surface area (Å²) in [5, 5.41) is 12.6. The molecule has 27 heavy (non-hydrogen) atoms. The highest BCUT2D eigenvalue weighted by molar-refractivity contribution is 5.88. The van der Waals surface area contributed by atoms with Crippen LogP contribution in [0.2, 0.25) is 0 Å². The van der Waals surface area contributed by atoms with Crippen molar-refractivity contribution in [2.75, 3.05) is 0 Å². The molecular formula is C21H26N4O2. The molecule has 6 nitrogen and oxygen atoms in total. The van der Waals surface area contributed by atoms with Crippen molar-refractivity contribution in [2.45, 2.75) is 64.5 Å². The second kappa shape index (κ2) is 7.94. The molecule has 0 bridgehead atoms. The lowest BCUT2D eigenvalue weighted by atomic mass is 9.95. The van der Waals surface area contributed by atoms with Gasteiger partial charge in [0.1, 0.15) is 12.2 Å². The van der Waals surface area contributed by atoms with Crippen molar-refractivity contribution in [3.8, 4) is 11.6 Å². The second-order valence-electron chi connectivity index (χ2n) is 7.33. The lowest BCUT2D eigenvalue weighted by Gasteiger charge is -2.23. The van der Waals surface area contributed by atoms with Gasteiger partial charge in [0.15, 0.2) is 0 Å². The van der Waals surface area contributed by atoms with Gasteiger partial charge in [-0.05, 0) is 31.4 Å². The number of hydrogen-bond acceptors (Lipinski definition) is 4. The third kappa shape index (κ3) is 3.89. The third-order valence-corrected chi connectivity index (χ3v) is 5.23. The summed E-state index contributed by atoms with van der Waals surface area (Å²) in [5.41, 5.74) is 1.80. The van der Waals surface area contributed by atoms with Gasteiger partial charge in [0, 0.05) is 23.4 Å². The lowest BCUT2D eigenvalue weighted by Crippen LogP contribution is -2.38. The fourth-order valence-corrected chi connectivity index (χ4v) is 3.89. The van der Waals surface area contributed by atoms with Gasteiger partial charge in [-0.15, -0.1) is 10.2 Å². The summed E-state index contributed by atoms with van der Waals surface area (Å²) in [6, 6.07) is 10.4. The van der Waals surface area contributed by atoms with Crippen LogP contribution in [-0.4, -0.2) is 26.7 Å². The topological polar surface area (TPSA) is 73.0 Å². The van der Waals surface area contributed by atoms with Gasteiger partial charge in [-0.1, -0.05) is 44.4 Å². The Morgan fingerprint density at radius 2 is 2.04 bits per heavy atom. The summed E-state index contributed by atoms with van der Waals surface area (Å²) in [7, 11) is 0. The molecule has 1 fully saturated rings. The van der Waals surface area contributed by atoms with E-state index in [0.717, 1.165) is 42.3 Å². The zero-order chi connectivity index (χ0) is 18.6. The van der Waals surface area contributed by atoms with Crippen LogP contribution in [0.5, 0.6) is 0 Å². The van der Waals surface area contributed by atoms with Gasteiger partial charge < -0.3 is 14.3 Å². The fourth-order valence-electron chi connectivity index (χ4n) is 3.89. The van der Waals surface area contributed by atoms with Crippen molar-refractivity contribution in [3.63, 3.8) is 0 Å². The molecule has 1 aromatic carbocycles. The van der Waals surface area contributed by atoms with E-state index in [-0.39, 0.29) is 12.5 Å². The highest BCUT2D eigenvalue weighted by Crippen LogP contribution is 2.28. The second-order valence-corrected chi connectivity index (χ2v) is 7.33. The van der Waals surface area contributed by atoms with E-state index < -0.39 is 0 Å². The molecule has 0 saturated heterocycles. The Morgan fingerprint density at radius 1 is 1.22 bits per heavy atom. The van der Waals surface area contributed by atoms with E-state index in [1.54, 1.807) is 0 Å². The Balaban J connectivity index is 1.62. The molecule has 0 spiro atoms. The summed E-state index contributed by atoms with van der Waals surface area (Å²) in [6.07, 6.45) is 7.54. The first kappa shape index (κ1) is 17.8. The van der Waals surface area contributed by atoms with E-state index in [9.17, 15) is 4.79 Å². The number of fused-ring (bicyclic) bond motifs is 1. The van der Waals surface area contributed by atoms with Crippen LogP contribution in [-0.2, 0) is 17.8 Å². The van der Waals surface area contributed by atoms with E-state index in [2.05, 4.69) is 22.4 Å². The van der Waals surface area contributed by atoms with E-state index in [4.69, 9.17) is 4.42 Å². The first-order valence-electron chi connectivity index (χ1n) is 9.95. The predicted molar refractivity (Wildman–Crippen MR) is 104 cm³/mol. The van der Waals surface area contributed by atoms with Gasteiger partial charge in [0.25, 0.3) is 5.89 Å². The van der Waals surface area contributed by atoms with Gasteiger partial charge in [0.05, 0.1) is 0 Å². The average Bonchev–Trinajstić information content (AvgIpc) is 3.28. The van der Waals surface area contributed by atoms with Gasteiger partial charge in [-0.3, -0.25) is 4.79 Å². The number of hydrogen-bond donors (Lipinski definition) is 1. The minimum absolute atomic E-state index is 0.0396. The minimum atomic E-state index is 0.0396. The van der Waals surface area contributed by atoms with Crippen LogP contribution in [0.25, 0.3) is 22.5 Å². The Labute approximate surface area is 159 Å². The molecule has 3 aromatic rings. The Morgan fingerprint density at radius 3 is 2.85 bits per heavy atom. The standard InChI is InChI=1S/C21H26N4O2/c1-2-8-20-23-24-21(27-20)18-13-15-9-6-7-12-17(15)25(18)14-19(26)22-16-10-4-3-5-11-16/h6-7,9,12-13,16H,2-5,8,10-11,14H2,1H3,(H,22,26). The lowest BCUT2D eigenvalue weighted by molar-refractivity contribution is -0.122. The van der Waals surface area contributed by atoms with Crippen LogP contribution in [0.4, 0.5) is 0 Å². The number of rotatable bonds is 6. The van der Waals surface area contributed by atoms with Crippen molar-refractivity contribution in [3.05, 3.63) is 36.2 Å². The monoisotopic (exact) mass is 366 g/mol. The van der Waals surface area contributed by atoms with Crippen LogP contribution in [0, 0.1) is 0 Å². The van der Waals surface area contributed by atoms with Crippen LogP contribution >= 0.6 is 0 Å². The molecule has 4 rings (SSSR count). The van der Waals surface area contributed by atoms with Crippen LogP contribution < -0.4 is 5.32 Å². The molecule has 0 atom stereocenters. The molecule has 1 aliphatic rings. The van der Waals surface area contributed by atoms with Crippen molar-refractivity contribution >= 4 is 16.8 Å². The van der Waals surface area contributed by atoms with Crippen molar-refractivity contribution < 1.29 is 9.21 Å². The normalized spacial score (nSPS) is 15.3. The largest absolute Gasteiger partial charge is 0.419 e. The predicted octanol–water partition coefficient (Wildman–Crippen LogP) is 4.09. The van der Waals surface area contributed by atoms with Gasteiger partial charge >= 0.3 is 0 Å². The summed E-state index contributed by atoms with van der Waals surface area (Å²) in [4.78, 5) is 12.7. The summed E-state index contributed by atoms with van der Waals surface area (Å²) in [5.74, 6) is 1.15. The Hall–Kier alpha value is -2.63. The number of aryl methyl sites for hydroxylation is 1. The molecule has 142 valence electrons. The molecule has 2 aromatic heterocycles. The Kier molecular flexibility index (Phi) is 5.23. The SMILES string of the molecule is CCCc1nnc(-c2cc3ccccc3n2CC(=O)NC2CCCCC2)o1. The van der Waals surface area contributed by atoms with Gasteiger partial charge in [-0.25, -0.2) is 0 Å². The quantitative estimate of drug-likeness (QED) is 0.713. The van der Waals surface area contributed by atoms with Crippen LogP contribution in [0.15, 0.2) is 34.7 Å². The van der Waals surface area contributed by atoms with E-state index in [1.165, 1.54) is 19.3 Å². The molecule has 1 amide bonds. The summed E-state index contributed by atoms with van der Waals surface area (Å²) < 4.78 is 7.82. The third-order valence-electron chi connectivity index (χ3n) is 5.23.